The van der Waals surface area contributed by atoms with Crippen LogP contribution >= 0.6 is 0 Å². The first kappa shape index (κ1) is 58.0. The molecule has 9 rings (SSSR count). The lowest BCUT2D eigenvalue weighted by molar-refractivity contribution is -0.356. The number of esters is 1. The topological polar surface area (TPSA) is 268 Å². The van der Waals surface area contributed by atoms with Gasteiger partial charge in [-0.3, -0.25) is 9.78 Å². The van der Waals surface area contributed by atoms with Crippen molar-refractivity contribution in [3.05, 3.63) is 41.7 Å². The number of rotatable bonds is 15. The lowest BCUT2D eigenvalue weighted by Crippen LogP contribution is -2.78. The third-order valence-electron chi connectivity index (χ3n) is 19.4. The predicted molar refractivity (Wildman–Crippen MR) is 265 cm³/mol. The quantitative estimate of drug-likeness (QED) is 0.125. The predicted octanol–water partition coefficient (Wildman–Crippen LogP) is 3.20. The van der Waals surface area contributed by atoms with Gasteiger partial charge in [0.15, 0.2) is 30.9 Å². The number of hydrogen-bond donors (Lipinski definition) is 5. The molecule has 5 heterocycles. The second kappa shape index (κ2) is 22.4. The van der Waals surface area contributed by atoms with Crippen molar-refractivity contribution in [2.24, 2.45) is 16.7 Å². The summed E-state index contributed by atoms with van der Waals surface area (Å²) >= 11 is 0. The molecule has 76 heavy (non-hydrogen) atoms. The van der Waals surface area contributed by atoms with Gasteiger partial charge in [0.05, 0.1) is 59.8 Å². The zero-order valence-corrected chi connectivity index (χ0v) is 45.8. The summed E-state index contributed by atoms with van der Waals surface area (Å²) in [5.74, 6) is -1.86. The number of pyridine rings is 1. The number of aliphatic hydroxyl groups is 5. The van der Waals surface area contributed by atoms with E-state index in [4.69, 9.17) is 61.6 Å². The lowest BCUT2D eigenvalue weighted by atomic mass is 9.42. The van der Waals surface area contributed by atoms with Gasteiger partial charge in [-0.15, -0.1) is 0 Å². The molecule has 5 N–H and O–H groups in total. The maximum absolute atomic E-state index is 13.7. The van der Waals surface area contributed by atoms with E-state index in [1.165, 1.54) is 26.4 Å². The highest BCUT2D eigenvalue weighted by Gasteiger charge is 2.81. The van der Waals surface area contributed by atoms with Gasteiger partial charge in [-0.05, 0) is 104 Å². The summed E-state index contributed by atoms with van der Waals surface area (Å²) < 4.78 is 80.9. The van der Waals surface area contributed by atoms with Crippen LogP contribution in [0.1, 0.15) is 123 Å². The van der Waals surface area contributed by atoms with E-state index in [0.29, 0.717) is 38.5 Å². The van der Waals surface area contributed by atoms with Gasteiger partial charge in [0.1, 0.15) is 59.5 Å². The van der Waals surface area contributed by atoms with Crippen LogP contribution < -0.4 is 0 Å². The molecule has 3 saturated carbocycles. The standard InChI is InChI=1S/C55H83NO20/c1-27-43(58)48(67-11)44(59)50(71-27)76-47-30(4)70-42(24-37(47)66-10)75-46-29(3)69-41(23-36(46)65-9)74-45-28(2)68-40(22-35(45)64-8)72-34-15-16-51(6)33(21-34)14-17-54(62)38(51)25-39(73-49(60)32-13-12-20-56-26-32)52(7)53(61,31(5)57)18-19-55(52,54)63/h12-14,20,26-30,34-48,50,58-59,61-63H,15-19,21-25H2,1-11H3/t27-,28-,29-,30-,34+,35+,36+,37+,38-,39-,40+,41+,42+,43-,44-,45-,46-,47-,48+,50+,51+,52-,53-,54+,55-/m1/s1. The van der Waals surface area contributed by atoms with Gasteiger partial charge < -0.3 is 87.1 Å². The molecule has 21 nitrogen and oxygen atoms in total. The summed E-state index contributed by atoms with van der Waals surface area (Å²) in [5, 5.41) is 59.4. The molecule has 4 aliphatic carbocycles. The Balaban J connectivity index is 0.810. The van der Waals surface area contributed by atoms with Gasteiger partial charge in [-0.1, -0.05) is 18.6 Å². The fourth-order valence-electron chi connectivity index (χ4n) is 14.8. The maximum atomic E-state index is 13.7. The first-order chi connectivity index (χ1) is 36.0. The third kappa shape index (κ3) is 9.85. The molecule has 21 heteroatoms. The van der Waals surface area contributed by atoms with Crippen LogP contribution in [0.15, 0.2) is 36.2 Å². The summed E-state index contributed by atoms with van der Waals surface area (Å²) in [6.45, 7) is 12.3. The summed E-state index contributed by atoms with van der Waals surface area (Å²) in [6, 6.07) is 3.19. The molecular weight excluding hydrogens is 995 g/mol. The fraction of sp³-hybridized carbons (Fsp3) is 0.836. The zero-order chi connectivity index (χ0) is 54.9. The summed E-state index contributed by atoms with van der Waals surface area (Å²) in [6.07, 6.45) is -5.24. The molecule has 428 valence electrons. The average Bonchev–Trinajstić information content (AvgIpc) is 3.63. The second-order valence-corrected chi connectivity index (χ2v) is 23.2. The fourth-order valence-corrected chi connectivity index (χ4v) is 14.8. The SMILES string of the molecule is CO[C@@H]1[C@@H](O)[C@H](O[C@H]2[C@@H](OC)C[C@H](O[C@H]3[C@@H](OC)C[C@H](O[C@H]4[C@@H](OC)C[C@H](O[C@H]5CC[C@@]6(C)C(=CC[C@]7(O)[C@@H]6C[C@@H](OC(=O)c6cccnc6)[C@@]6(C)[C@]7(O)CC[C@@]6(O)C(C)=O)C5)O[C@@H]4C)O[C@@H]3C)O[C@@H]2C)O[C@H](C)[C@H]1O. The number of hydrogen-bond acceptors (Lipinski definition) is 21. The van der Waals surface area contributed by atoms with Crippen LogP contribution in [0.25, 0.3) is 0 Å². The minimum atomic E-state index is -2.06. The Morgan fingerprint density at radius 2 is 1.25 bits per heavy atom. The Bertz CT molecular complexity index is 2230. The molecule has 0 unspecified atom stereocenters. The van der Waals surface area contributed by atoms with E-state index < -0.39 is 156 Å². The van der Waals surface area contributed by atoms with Crippen molar-refractivity contribution < 1.29 is 96.7 Å². The molecule has 4 saturated heterocycles. The smallest absolute Gasteiger partial charge is 0.339 e. The minimum Gasteiger partial charge on any atom is -0.458 e. The number of carbonyl (C=O) groups is 2. The average molecular weight is 1080 g/mol. The molecule has 0 aromatic carbocycles. The van der Waals surface area contributed by atoms with Crippen LogP contribution in [0.5, 0.6) is 0 Å². The molecule has 0 spiro atoms. The van der Waals surface area contributed by atoms with E-state index in [-0.39, 0.29) is 37.4 Å². The van der Waals surface area contributed by atoms with Crippen LogP contribution in [0, 0.1) is 16.7 Å². The highest BCUT2D eigenvalue weighted by Crippen LogP contribution is 2.71. The maximum Gasteiger partial charge on any atom is 0.339 e. The Labute approximate surface area is 445 Å². The summed E-state index contributed by atoms with van der Waals surface area (Å²) in [7, 11) is 6.23. The van der Waals surface area contributed by atoms with E-state index >= 15 is 0 Å². The Hall–Kier alpha value is -2.65. The van der Waals surface area contributed by atoms with Crippen molar-refractivity contribution in [1.29, 1.82) is 0 Å². The number of fused-ring (bicyclic) bond motifs is 5. The van der Waals surface area contributed by atoms with Crippen molar-refractivity contribution in [1.82, 2.24) is 4.98 Å². The normalized spacial score (nSPS) is 49.4. The van der Waals surface area contributed by atoms with E-state index in [9.17, 15) is 35.1 Å². The van der Waals surface area contributed by atoms with Crippen LogP contribution in [-0.2, 0) is 66.4 Å². The lowest BCUT2D eigenvalue weighted by Gasteiger charge is -2.67. The first-order valence-corrected chi connectivity index (χ1v) is 27.2. The largest absolute Gasteiger partial charge is 0.458 e. The Morgan fingerprint density at radius 3 is 1.78 bits per heavy atom. The van der Waals surface area contributed by atoms with Crippen LogP contribution in [0.4, 0.5) is 0 Å². The Morgan fingerprint density at radius 1 is 0.684 bits per heavy atom. The molecule has 8 aliphatic rings. The highest BCUT2D eigenvalue weighted by molar-refractivity contribution is 5.90. The van der Waals surface area contributed by atoms with Crippen LogP contribution in [0.3, 0.4) is 0 Å². The van der Waals surface area contributed by atoms with Crippen molar-refractivity contribution in [2.45, 2.75) is 246 Å². The molecule has 1 aromatic heterocycles. The second-order valence-electron chi connectivity index (χ2n) is 23.2. The number of methoxy groups -OCH3 is 4. The highest BCUT2D eigenvalue weighted by atomic mass is 16.8. The molecule has 4 aliphatic heterocycles. The van der Waals surface area contributed by atoms with Gasteiger partial charge in [0.25, 0.3) is 0 Å². The van der Waals surface area contributed by atoms with Crippen molar-refractivity contribution in [3.8, 4) is 0 Å². The minimum absolute atomic E-state index is 0.0621. The number of ketones is 1. The monoisotopic (exact) mass is 1080 g/mol. The van der Waals surface area contributed by atoms with Crippen LogP contribution in [0.2, 0.25) is 0 Å². The van der Waals surface area contributed by atoms with Gasteiger partial charge >= 0.3 is 5.97 Å². The Kier molecular flexibility index (Phi) is 17.1. The van der Waals surface area contributed by atoms with Gasteiger partial charge in [0.2, 0.25) is 0 Å². The number of aliphatic hydroxyl groups excluding tert-OH is 2. The molecule has 25 atom stereocenters. The van der Waals surface area contributed by atoms with Gasteiger partial charge in [-0.2, -0.15) is 0 Å². The number of Topliss-reactive ketones (excluding diaryl/α,β-unsaturated/α-hetero) is 1. The third-order valence-corrected chi connectivity index (χ3v) is 19.4. The van der Waals surface area contributed by atoms with Crippen molar-refractivity contribution >= 4 is 11.8 Å². The van der Waals surface area contributed by atoms with Gasteiger partial charge in [0, 0.05) is 66.0 Å². The number of ether oxygens (including phenoxy) is 13. The van der Waals surface area contributed by atoms with E-state index in [1.54, 1.807) is 47.3 Å². The number of aromatic nitrogens is 1. The van der Waals surface area contributed by atoms with Crippen LogP contribution in [-0.4, -0.2) is 204 Å². The molecule has 0 radical (unpaired) electrons. The molecular formula is C55H83NO20. The summed E-state index contributed by atoms with van der Waals surface area (Å²) in [4.78, 5) is 31.1. The molecule has 7 fully saturated rings. The van der Waals surface area contributed by atoms with Gasteiger partial charge in [-0.25, -0.2) is 4.79 Å². The first-order valence-electron chi connectivity index (χ1n) is 27.2. The molecule has 0 bridgehead atoms. The van der Waals surface area contributed by atoms with E-state index in [2.05, 4.69) is 11.9 Å². The zero-order valence-electron chi connectivity index (χ0n) is 45.8. The summed E-state index contributed by atoms with van der Waals surface area (Å²) in [5.41, 5.74) is -6.93. The van der Waals surface area contributed by atoms with E-state index in [1.807, 2.05) is 26.8 Å². The van der Waals surface area contributed by atoms with E-state index in [0.717, 1.165) is 5.57 Å². The number of carbonyl (C=O) groups excluding carboxylic acids is 2. The molecule has 1 aromatic rings. The van der Waals surface area contributed by atoms with Crippen molar-refractivity contribution in [2.75, 3.05) is 28.4 Å². The number of nitrogens with zero attached hydrogens (tertiary/aromatic N) is 1. The molecule has 0 amide bonds. The van der Waals surface area contributed by atoms with Crippen molar-refractivity contribution in [3.63, 3.8) is 0 Å².